The summed E-state index contributed by atoms with van der Waals surface area (Å²) >= 11 is 1.66. The smallest absolute Gasteiger partial charge is 0.311 e. The van der Waals surface area contributed by atoms with Crippen molar-refractivity contribution in [1.82, 2.24) is 4.98 Å². The average Bonchev–Trinajstić information content (AvgIpc) is 2.88. The minimum Gasteiger partial charge on any atom is -0.378 e. The van der Waals surface area contributed by atoms with Gasteiger partial charge in [0.1, 0.15) is 5.82 Å². The van der Waals surface area contributed by atoms with E-state index in [1.807, 2.05) is 29.3 Å². The van der Waals surface area contributed by atoms with Crippen molar-refractivity contribution < 1.29 is 4.92 Å². The maximum atomic E-state index is 10.7. The van der Waals surface area contributed by atoms with Gasteiger partial charge in [0.25, 0.3) is 0 Å². The molecule has 0 spiro atoms. The summed E-state index contributed by atoms with van der Waals surface area (Å²) in [5, 5.41) is 12.7. The van der Waals surface area contributed by atoms with Gasteiger partial charge in [-0.25, -0.2) is 4.98 Å². The zero-order valence-electron chi connectivity index (χ0n) is 10.4. The molecule has 6 nitrogen and oxygen atoms in total. The lowest BCUT2D eigenvalue weighted by Gasteiger charge is -2.21. The van der Waals surface area contributed by atoms with Gasteiger partial charge in [-0.05, 0) is 24.4 Å². The van der Waals surface area contributed by atoms with Gasteiger partial charge in [-0.1, -0.05) is 6.07 Å². The molecule has 0 saturated heterocycles. The minimum atomic E-state index is -0.526. The van der Waals surface area contributed by atoms with Crippen molar-refractivity contribution in [2.75, 3.05) is 17.2 Å². The van der Waals surface area contributed by atoms with Gasteiger partial charge in [-0.3, -0.25) is 10.1 Å². The van der Waals surface area contributed by atoms with Gasteiger partial charge in [0.05, 0.1) is 11.5 Å². The summed E-state index contributed by atoms with van der Waals surface area (Å²) in [6.45, 7) is 3.48. The average molecular weight is 278 g/mol. The molecule has 0 fully saturated rings. The highest BCUT2D eigenvalue weighted by atomic mass is 32.1. The molecule has 0 atom stereocenters. The van der Waals surface area contributed by atoms with Crippen molar-refractivity contribution in [1.29, 1.82) is 0 Å². The fourth-order valence-electron chi connectivity index (χ4n) is 1.73. The van der Waals surface area contributed by atoms with Gasteiger partial charge >= 0.3 is 5.69 Å². The van der Waals surface area contributed by atoms with Gasteiger partial charge in [-0.15, -0.1) is 11.3 Å². The molecule has 19 heavy (non-hydrogen) atoms. The van der Waals surface area contributed by atoms with Crippen LogP contribution in [0, 0.1) is 10.1 Å². The van der Waals surface area contributed by atoms with Gasteiger partial charge in [-0.2, -0.15) is 0 Å². The topological polar surface area (TPSA) is 85.3 Å². The predicted molar refractivity (Wildman–Crippen MR) is 76.3 cm³/mol. The van der Waals surface area contributed by atoms with Crippen LogP contribution >= 0.6 is 11.3 Å². The summed E-state index contributed by atoms with van der Waals surface area (Å²) in [4.78, 5) is 17.5. The summed E-state index contributed by atoms with van der Waals surface area (Å²) in [6.07, 6.45) is 0. The lowest BCUT2D eigenvalue weighted by molar-refractivity contribution is -0.384. The monoisotopic (exact) mass is 278 g/mol. The normalized spacial score (nSPS) is 10.4. The molecule has 2 aromatic rings. The van der Waals surface area contributed by atoms with Crippen LogP contribution in [0.4, 0.5) is 17.3 Å². The van der Waals surface area contributed by atoms with Gasteiger partial charge in [0.2, 0.25) is 5.82 Å². The number of nitrogens with zero attached hydrogens (tertiary/aromatic N) is 3. The van der Waals surface area contributed by atoms with Gasteiger partial charge < -0.3 is 10.6 Å². The first kappa shape index (κ1) is 13.3. The Bertz CT molecular complexity index is 571. The molecule has 2 rings (SSSR count). The fourth-order valence-corrected chi connectivity index (χ4v) is 2.45. The van der Waals surface area contributed by atoms with Crippen molar-refractivity contribution >= 4 is 28.7 Å². The first-order valence-corrected chi connectivity index (χ1v) is 6.68. The third-order valence-electron chi connectivity index (χ3n) is 2.72. The number of nitrogen functional groups attached to an aromatic ring is 1. The molecular formula is C12H14N4O2S. The van der Waals surface area contributed by atoms with E-state index in [2.05, 4.69) is 4.98 Å². The Morgan fingerprint density at radius 3 is 2.79 bits per heavy atom. The molecule has 100 valence electrons. The highest BCUT2D eigenvalue weighted by Gasteiger charge is 2.15. The molecule has 0 unspecified atom stereocenters. The third-order valence-corrected chi connectivity index (χ3v) is 3.58. The number of hydrogen-bond acceptors (Lipinski definition) is 6. The van der Waals surface area contributed by atoms with Crippen LogP contribution < -0.4 is 10.6 Å². The van der Waals surface area contributed by atoms with Gasteiger partial charge in [0, 0.05) is 17.5 Å². The largest absolute Gasteiger partial charge is 0.378 e. The molecule has 2 heterocycles. The molecule has 0 aliphatic rings. The number of rotatable bonds is 5. The second kappa shape index (κ2) is 5.66. The molecule has 0 aliphatic carbocycles. The molecule has 2 N–H and O–H groups in total. The van der Waals surface area contributed by atoms with Crippen LogP contribution in [0.3, 0.4) is 0 Å². The maximum Gasteiger partial charge on any atom is 0.311 e. The van der Waals surface area contributed by atoms with E-state index in [0.29, 0.717) is 5.82 Å². The van der Waals surface area contributed by atoms with Crippen molar-refractivity contribution in [2.45, 2.75) is 13.5 Å². The Morgan fingerprint density at radius 1 is 1.47 bits per heavy atom. The SMILES string of the molecule is CCN(Cc1cccs1)c1ccc([N+](=O)[O-])c(N)n1. The van der Waals surface area contributed by atoms with E-state index in [1.54, 1.807) is 17.4 Å². The van der Waals surface area contributed by atoms with E-state index in [9.17, 15) is 10.1 Å². The molecule has 0 saturated carbocycles. The fraction of sp³-hybridized carbons (Fsp3) is 0.250. The van der Waals surface area contributed by atoms with Crippen molar-refractivity contribution in [3.8, 4) is 0 Å². The Hall–Kier alpha value is -2.15. The molecule has 0 aromatic carbocycles. The number of nitrogens with two attached hydrogens (primary N) is 1. The molecule has 2 aromatic heterocycles. The van der Waals surface area contributed by atoms with E-state index in [0.717, 1.165) is 13.1 Å². The standard InChI is InChI=1S/C12H14N4O2S/c1-2-15(8-9-4-3-7-19-9)11-6-5-10(16(17)18)12(13)14-11/h3-7H,2,8H2,1H3,(H2,13,14). The second-order valence-electron chi connectivity index (χ2n) is 3.92. The molecule has 7 heteroatoms. The van der Waals surface area contributed by atoms with Crippen LogP contribution in [-0.2, 0) is 6.54 Å². The number of nitro groups is 1. The highest BCUT2D eigenvalue weighted by Crippen LogP contribution is 2.24. The summed E-state index contributed by atoms with van der Waals surface area (Å²) in [5.41, 5.74) is 5.45. The minimum absolute atomic E-state index is 0.0490. The Morgan fingerprint density at radius 2 is 2.26 bits per heavy atom. The lowest BCUT2D eigenvalue weighted by Crippen LogP contribution is -2.22. The summed E-state index contributed by atoms with van der Waals surface area (Å²) in [5.74, 6) is 0.603. The van der Waals surface area contributed by atoms with E-state index in [-0.39, 0.29) is 11.5 Å². The Balaban J connectivity index is 2.23. The van der Waals surface area contributed by atoms with Crippen LogP contribution in [-0.4, -0.2) is 16.5 Å². The van der Waals surface area contributed by atoms with Crippen LogP contribution in [0.2, 0.25) is 0 Å². The maximum absolute atomic E-state index is 10.7. The summed E-state index contributed by atoms with van der Waals surface area (Å²) < 4.78 is 0. The zero-order valence-corrected chi connectivity index (χ0v) is 11.3. The zero-order chi connectivity index (χ0) is 13.8. The van der Waals surface area contributed by atoms with E-state index in [1.165, 1.54) is 10.9 Å². The molecule has 0 radical (unpaired) electrons. The van der Waals surface area contributed by atoms with Crippen molar-refractivity contribution in [2.24, 2.45) is 0 Å². The molecule has 0 amide bonds. The second-order valence-corrected chi connectivity index (χ2v) is 4.96. The van der Waals surface area contributed by atoms with Gasteiger partial charge in [0.15, 0.2) is 0 Å². The quantitative estimate of drug-likeness (QED) is 0.671. The first-order valence-electron chi connectivity index (χ1n) is 5.80. The third kappa shape index (κ3) is 3.00. The Kier molecular flexibility index (Phi) is 3.96. The molecule has 0 bridgehead atoms. The summed E-state index contributed by atoms with van der Waals surface area (Å²) in [6, 6.07) is 7.06. The number of anilines is 2. The molecular weight excluding hydrogens is 264 g/mol. The van der Waals surface area contributed by atoms with E-state index >= 15 is 0 Å². The van der Waals surface area contributed by atoms with E-state index < -0.39 is 4.92 Å². The Labute approximate surface area is 114 Å². The molecule has 0 aliphatic heterocycles. The van der Waals surface area contributed by atoms with Crippen LogP contribution in [0.5, 0.6) is 0 Å². The summed E-state index contributed by atoms with van der Waals surface area (Å²) in [7, 11) is 0. The number of aromatic nitrogens is 1. The lowest BCUT2D eigenvalue weighted by atomic mass is 10.3. The van der Waals surface area contributed by atoms with Crippen molar-refractivity contribution in [3.05, 3.63) is 44.6 Å². The number of pyridine rings is 1. The number of thiophene rings is 1. The van der Waals surface area contributed by atoms with E-state index in [4.69, 9.17) is 5.73 Å². The van der Waals surface area contributed by atoms with Crippen LogP contribution in [0.1, 0.15) is 11.8 Å². The van der Waals surface area contributed by atoms with Crippen LogP contribution in [0.15, 0.2) is 29.6 Å². The highest BCUT2D eigenvalue weighted by molar-refractivity contribution is 7.09. The van der Waals surface area contributed by atoms with Crippen LogP contribution in [0.25, 0.3) is 0 Å². The number of hydrogen-bond donors (Lipinski definition) is 1. The predicted octanol–water partition coefficient (Wildman–Crippen LogP) is 2.66. The van der Waals surface area contributed by atoms with Crippen molar-refractivity contribution in [3.63, 3.8) is 0 Å². The first-order chi connectivity index (χ1) is 9.11.